The summed E-state index contributed by atoms with van der Waals surface area (Å²) in [6.45, 7) is 0. The zero-order valence-electron chi connectivity index (χ0n) is 9.43. The van der Waals surface area contributed by atoms with E-state index in [4.69, 9.17) is 0 Å². The van der Waals surface area contributed by atoms with E-state index in [2.05, 4.69) is 36.1 Å². The maximum atomic E-state index is 13.7. The van der Waals surface area contributed by atoms with Crippen molar-refractivity contribution in [3.63, 3.8) is 0 Å². The molecule has 2 aromatic heterocycles. The Kier molecular flexibility index (Phi) is 3.14. The van der Waals surface area contributed by atoms with Crippen molar-refractivity contribution in [1.29, 1.82) is 0 Å². The second-order valence-electron chi connectivity index (χ2n) is 3.44. The largest absolute Gasteiger partial charge is 0.214 e. The maximum absolute atomic E-state index is 13.7. The fourth-order valence-corrected chi connectivity index (χ4v) is 2.15. The highest BCUT2D eigenvalue weighted by molar-refractivity contribution is 7.98. The van der Waals surface area contributed by atoms with E-state index < -0.39 is 5.82 Å². The van der Waals surface area contributed by atoms with Crippen LogP contribution in [0.5, 0.6) is 0 Å². The number of nitrogens with one attached hydrogen (secondary N) is 1. The molecular formula is C9H7FN8S. The van der Waals surface area contributed by atoms with Crippen molar-refractivity contribution in [3.05, 3.63) is 35.9 Å². The van der Waals surface area contributed by atoms with Gasteiger partial charge in [0.05, 0.1) is 5.75 Å². The van der Waals surface area contributed by atoms with Gasteiger partial charge >= 0.3 is 0 Å². The predicted molar refractivity (Wildman–Crippen MR) is 62.9 cm³/mol. The third-order valence-corrected chi connectivity index (χ3v) is 3.16. The third kappa shape index (κ3) is 2.42. The molecular weight excluding hydrogens is 271 g/mol. The Morgan fingerprint density at radius 1 is 1.26 bits per heavy atom. The lowest BCUT2D eigenvalue weighted by Crippen LogP contribution is -2.02. The molecule has 0 spiro atoms. The number of aromatic amines is 1. The Morgan fingerprint density at radius 3 is 2.95 bits per heavy atom. The second-order valence-corrected chi connectivity index (χ2v) is 4.38. The molecule has 0 amide bonds. The van der Waals surface area contributed by atoms with Crippen molar-refractivity contribution in [2.24, 2.45) is 0 Å². The first-order chi connectivity index (χ1) is 9.34. The number of H-pyrrole nitrogens is 1. The average molecular weight is 278 g/mol. The first kappa shape index (κ1) is 11.7. The van der Waals surface area contributed by atoms with E-state index >= 15 is 0 Å². The van der Waals surface area contributed by atoms with Gasteiger partial charge in [0.1, 0.15) is 11.5 Å². The summed E-state index contributed by atoms with van der Waals surface area (Å²) in [4.78, 5) is 0. The van der Waals surface area contributed by atoms with Gasteiger partial charge in [-0.3, -0.25) is 0 Å². The van der Waals surface area contributed by atoms with Crippen LogP contribution in [0.1, 0.15) is 5.82 Å². The van der Waals surface area contributed by atoms with Crippen LogP contribution < -0.4 is 0 Å². The summed E-state index contributed by atoms with van der Waals surface area (Å²) < 4.78 is 15.0. The van der Waals surface area contributed by atoms with E-state index in [1.165, 1.54) is 22.5 Å². The SMILES string of the molecule is Fc1ccccc1-n1nnnc1SCc1nn[nH]n1. The molecule has 0 radical (unpaired) electrons. The number of tetrazole rings is 2. The van der Waals surface area contributed by atoms with Crippen LogP contribution in [0.4, 0.5) is 4.39 Å². The minimum atomic E-state index is -0.392. The van der Waals surface area contributed by atoms with E-state index in [0.29, 0.717) is 22.4 Å². The molecule has 1 aromatic carbocycles. The van der Waals surface area contributed by atoms with Crippen molar-refractivity contribution in [2.75, 3.05) is 0 Å². The number of hydrogen-bond acceptors (Lipinski definition) is 7. The van der Waals surface area contributed by atoms with E-state index in [1.807, 2.05) is 0 Å². The van der Waals surface area contributed by atoms with Gasteiger partial charge in [0.2, 0.25) is 5.16 Å². The van der Waals surface area contributed by atoms with Crippen LogP contribution in [0.25, 0.3) is 5.69 Å². The summed E-state index contributed by atoms with van der Waals surface area (Å²) in [6.07, 6.45) is 0. The Morgan fingerprint density at radius 2 is 2.16 bits per heavy atom. The molecule has 0 bridgehead atoms. The van der Waals surface area contributed by atoms with E-state index in [9.17, 15) is 4.39 Å². The van der Waals surface area contributed by atoms with Gasteiger partial charge in [-0.15, -0.1) is 15.3 Å². The first-order valence-electron chi connectivity index (χ1n) is 5.23. The van der Waals surface area contributed by atoms with Crippen LogP contribution in [0.15, 0.2) is 29.4 Å². The maximum Gasteiger partial charge on any atom is 0.214 e. The van der Waals surface area contributed by atoms with E-state index in [1.54, 1.807) is 18.2 Å². The van der Waals surface area contributed by atoms with Gasteiger partial charge in [0.25, 0.3) is 0 Å². The van der Waals surface area contributed by atoms with Gasteiger partial charge in [-0.1, -0.05) is 29.1 Å². The molecule has 0 atom stereocenters. The van der Waals surface area contributed by atoms with Gasteiger partial charge in [0.15, 0.2) is 5.82 Å². The number of halogens is 1. The molecule has 1 N–H and O–H groups in total. The quantitative estimate of drug-likeness (QED) is 0.698. The van der Waals surface area contributed by atoms with Gasteiger partial charge in [0, 0.05) is 0 Å². The van der Waals surface area contributed by atoms with Gasteiger partial charge in [-0.2, -0.15) is 9.90 Å². The molecule has 3 rings (SSSR count). The topological polar surface area (TPSA) is 98.1 Å². The fraction of sp³-hybridized carbons (Fsp3) is 0.111. The fourth-order valence-electron chi connectivity index (χ4n) is 1.42. The molecule has 0 aliphatic heterocycles. The summed E-state index contributed by atoms with van der Waals surface area (Å²) >= 11 is 1.29. The van der Waals surface area contributed by atoms with E-state index in [-0.39, 0.29) is 0 Å². The summed E-state index contributed by atoms with van der Waals surface area (Å²) in [7, 11) is 0. The minimum absolute atomic E-state index is 0.295. The Hall–Kier alpha value is -2.36. The standard InChI is InChI=1S/C9H7FN8S/c10-6-3-1-2-4-7(6)18-9(13-16-17-18)19-5-8-11-14-15-12-8/h1-4H,5H2,(H,11,12,14,15). The third-order valence-electron chi connectivity index (χ3n) is 2.24. The number of hydrogen-bond donors (Lipinski definition) is 1. The summed E-state index contributed by atoms with van der Waals surface area (Å²) in [5.41, 5.74) is 0.295. The highest BCUT2D eigenvalue weighted by Crippen LogP contribution is 2.21. The second kappa shape index (κ2) is 5.10. The molecule has 10 heteroatoms. The van der Waals surface area contributed by atoms with E-state index in [0.717, 1.165) is 0 Å². The van der Waals surface area contributed by atoms with Crippen LogP contribution in [0.3, 0.4) is 0 Å². The molecule has 8 nitrogen and oxygen atoms in total. The van der Waals surface area contributed by atoms with Gasteiger partial charge < -0.3 is 0 Å². The van der Waals surface area contributed by atoms with Gasteiger partial charge in [-0.25, -0.2) is 4.39 Å². The molecule has 0 aliphatic carbocycles. The number of thioether (sulfide) groups is 1. The number of benzene rings is 1. The average Bonchev–Trinajstić information content (AvgIpc) is 3.08. The molecule has 0 unspecified atom stereocenters. The zero-order chi connectivity index (χ0) is 13.1. The highest BCUT2D eigenvalue weighted by Gasteiger charge is 2.13. The number of nitrogens with zero attached hydrogens (tertiary/aromatic N) is 7. The lowest BCUT2D eigenvalue weighted by atomic mass is 10.3. The Bertz CT molecular complexity index is 666. The first-order valence-corrected chi connectivity index (χ1v) is 6.21. The molecule has 0 fully saturated rings. The smallest absolute Gasteiger partial charge is 0.205 e. The van der Waals surface area contributed by atoms with Crippen LogP contribution in [0.2, 0.25) is 0 Å². The van der Waals surface area contributed by atoms with Crippen LogP contribution in [-0.2, 0) is 5.75 Å². The zero-order valence-corrected chi connectivity index (χ0v) is 10.2. The minimum Gasteiger partial charge on any atom is -0.205 e. The van der Waals surface area contributed by atoms with Crippen molar-refractivity contribution >= 4 is 11.8 Å². The molecule has 0 saturated heterocycles. The van der Waals surface area contributed by atoms with Crippen molar-refractivity contribution in [3.8, 4) is 5.69 Å². The molecule has 0 saturated carbocycles. The van der Waals surface area contributed by atoms with Crippen LogP contribution in [-0.4, -0.2) is 40.8 Å². The number of para-hydroxylation sites is 1. The van der Waals surface area contributed by atoms with Crippen molar-refractivity contribution in [2.45, 2.75) is 10.9 Å². The monoisotopic (exact) mass is 278 g/mol. The molecule has 3 aromatic rings. The molecule has 19 heavy (non-hydrogen) atoms. The van der Waals surface area contributed by atoms with Crippen LogP contribution >= 0.6 is 11.8 Å². The highest BCUT2D eigenvalue weighted by atomic mass is 32.2. The van der Waals surface area contributed by atoms with Crippen molar-refractivity contribution in [1.82, 2.24) is 40.8 Å². The predicted octanol–water partition coefficient (Wildman–Crippen LogP) is 0.607. The number of aromatic nitrogens is 8. The van der Waals surface area contributed by atoms with Crippen molar-refractivity contribution < 1.29 is 4.39 Å². The Balaban J connectivity index is 1.84. The molecule has 2 heterocycles. The van der Waals surface area contributed by atoms with Crippen LogP contribution in [0, 0.1) is 5.82 Å². The summed E-state index contributed by atoms with van der Waals surface area (Å²) in [6, 6.07) is 6.28. The lowest BCUT2D eigenvalue weighted by Gasteiger charge is -2.03. The molecule has 96 valence electrons. The lowest BCUT2D eigenvalue weighted by molar-refractivity contribution is 0.599. The molecule has 0 aliphatic rings. The summed E-state index contributed by atoms with van der Waals surface area (Å²) in [5.74, 6) is 0.565. The summed E-state index contributed by atoms with van der Waals surface area (Å²) in [5, 5.41) is 25.1. The number of rotatable bonds is 4. The Labute approximate surface area is 110 Å². The van der Waals surface area contributed by atoms with Gasteiger partial charge in [-0.05, 0) is 22.6 Å². The normalized spacial score (nSPS) is 10.8.